The molecule has 0 aliphatic heterocycles. The lowest BCUT2D eigenvalue weighted by Gasteiger charge is -2.12. The molecule has 18 heavy (non-hydrogen) atoms. The molecule has 6 heteroatoms. The summed E-state index contributed by atoms with van der Waals surface area (Å²) in [6.07, 6.45) is 2.74. The minimum atomic E-state index is 0.0367. The summed E-state index contributed by atoms with van der Waals surface area (Å²) in [7, 11) is 0. The summed E-state index contributed by atoms with van der Waals surface area (Å²) in [5.74, 6) is 0.709. The third-order valence-corrected chi connectivity index (χ3v) is 3.07. The maximum atomic E-state index is 11.5. The van der Waals surface area contributed by atoms with Gasteiger partial charge in [-0.2, -0.15) is 0 Å². The van der Waals surface area contributed by atoms with Crippen molar-refractivity contribution in [1.29, 1.82) is 0 Å². The van der Waals surface area contributed by atoms with Crippen LogP contribution in [0.4, 0.5) is 5.82 Å². The van der Waals surface area contributed by atoms with Crippen molar-refractivity contribution in [2.45, 2.75) is 39.7 Å². The molecule has 1 amide bonds. The number of anilines is 1. The number of nitrogens with zero attached hydrogens (tertiary/aromatic N) is 2. The lowest BCUT2D eigenvalue weighted by Crippen LogP contribution is -2.33. The van der Waals surface area contributed by atoms with Gasteiger partial charge in [0.05, 0.1) is 0 Å². The van der Waals surface area contributed by atoms with Crippen LogP contribution in [0.25, 0.3) is 0 Å². The Hall–Kier alpha value is -1.36. The molecular formula is C12H19ClN4O. The van der Waals surface area contributed by atoms with Gasteiger partial charge in [0.25, 0.3) is 0 Å². The van der Waals surface area contributed by atoms with E-state index in [0.717, 1.165) is 12.0 Å². The summed E-state index contributed by atoms with van der Waals surface area (Å²) in [5.41, 5.74) is 0.793. The van der Waals surface area contributed by atoms with Crippen molar-refractivity contribution in [3.63, 3.8) is 0 Å². The third-order valence-electron chi connectivity index (χ3n) is 2.69. The Balaban J connectivity index is 2.38. The number of hydrogen-bond acceptors (Lipinski definition) is 4. The van der Waals surface area contributed by atoms with Crippen LogP contribution in [0.3, 0.4) is 0 Å². The number of amides is 1. The number of hydrogen-bond donors (Lipinski definition) is 2. The lowest BCUT2D eigenvalue weighted by molar-refractivity contribution is -0.121. The third kappa shape index (κ3) is 4.49. The van der Waals surface area contributed by atoms with Gasteiger partial charge in [-0.3, -0.25) is 4.79 Å². The highest BCUT2D eigenvalue weighted by Gasteiger charge is 2.07. The zero-order valence-corrected chi connectivity index (χ0v) is 11.7. The Kier molecular flexibility index (Phi) is 5.85. The van der Waals surface area contributed by atoms with Gasteiger partial charge in [-0.15, -0.1) is 0 Å². The summed E-state index contributed by atoms with van der Waals surface area (Å²) in [6.45, 7) is 6.38. The topological polar surface area (TPSA) is 66.9 Å². The second kappa shape index (κ2) is 7.16. The Morgan fingerprint density at radius 2 is 2.22 bits per heavy atom. The highest BCUT2D eigenvalue weighted by molar-refractivity contribution is 6.30. The van der Waals surface area contributed by atoms with Gasteiger partial charge in [-0.1, -0.05) is 18.5 Å². The van der Waals surface area contributed by atoms with Gasteiger partial charge in [-0.25, -0.2) is 9.97 Å². The highest BCUT2D eigenvalue weighted by Crippen LogP contribution is 2.17. The zero-order chi connectivity index (χ0) is 13.5. The molecular weight excluding hydrogens is 252 g/mol. The molecule has 0 fully saturated rings. The first kappa shape index (κ1) is 14.7. The number of nitrogens with one attached hydrogen (secondary N) is 2. The van der Waals surface area contributed by atoms with E-state index in [9.17, 15) is 4.79 Å². The minimum Gasteiger partial charge on any atom is -0.369 e. The highest BCUT2D eigenvalue weighted by atomic mass is 35.5. The van der Waals surface area contributed by atoms with Crippen LogP contribution in [0.1, 0.15) is 32.3 Å². The van der Waals surface area contributed by atoms with E-state index in [1.54, 1.807) is 0 Å². The van der Waals surface area contributed by atoms with E-state index in [1.165, 1.54) is 6.33 Å². The molecule has 0 aliphatic carbocycles. The summed E-state index contributed by atoms with van der Waals surface area (Å²) in [6, 6.07) is 0.215. The average molecular weight is 271 g/mol. The number of aromatic nitrogens is 2. The van der Waals surface area contributed by atoms with E-state index in [2.05, 4.69) is 20.6 Å². The molecule has 1 aromatic heterocycles. The van der Waals surface area contributed by atoms with Gasteiger partial charge < -0.3 is 10.6 Å². The number of carbonyl (C=O) groups excluding carboxylic acids is 1. The second-order valence-electron chi connectivity index (χ2n) is 4.19. The van der Waals surface area contributed by atoms with Crippen LogP contribution < -0.4 is 10.6 Å². The maximum absolute atomic E-state index is 11.5. The van der Waals surface area contributed by atoms with Crippen molar-refractivity contribution in [3.05, 3.63) is 17.0 Å². The van der Waals surface area contributed by atoms with Crippen LogP contribution in [0.5, 0.6) is 0 Å². The summed E-state index contributed by atoms with van der Waals surface area (Å²) in [4.78, 5) is 19.5. The van der Waals surface area contributed by atoms with Crippen LogP contribution in [-0.2, 0) is 4.79 Å². The maximum Gasteiger partial charge on any atom is 0.221 e. The molecule has 0 aliphatic rings. The van der Waals surface area contributed by atoms with E-state index in [1.807, 2.05) is 20.8 Å². The molecule has 0 spiro atoms. The largest absolute Gasteiger partial charge is 0.369 e. The van der Waals surface area contributed by atoms with Crippen molar-refractivity contribution in [2.75, 3.05) is 11.9 Å². The van der Waals surface area contributed by atoms with E-state index >= 15 is 0 Å². The number of rotatable bonds is 6. The molecule has 1 atom stereocenters. The Morgan fingerprint density at radius 3 is 2.89 bits per heavy atom. The summed E-state index contributed by atoms with van der Waals surface area (Å²) >= 11 is 5.87. The van der Waals surface area contributed by atoms with Crippen LogP contribution in [0.2, 0.25) is 5.15 Å². The predicted octanol–water partition coefficient (Wildman–Crippen LogP) is 2.16. The first-order chi connectivity index (χ1) is 8.54. The first-order valence-electron chi connectivity index (χ1n) is 6.05. The molecule has 0 bridgehead atoms. The molecule has 1 heterocycles. The first-order valence-corrected chi connectivity index (χ1v) is 6.42. The molecule has 2 N–H and O–H groups in total. The quantitative estimate of drug-likeness (QED) is 0.778. The second-order valence-corrected chi connectivity index (χ2v) is 4.55. The van der Waals surface area contributed by atoms with E-state index in [-0.39, 0.29) is 11.9 Å². The molecule has 0 saturated carbocycles. The molecule has 0 radical (unpaired) electrons. The van der Waals surface area contributed by atoms with Crippen LogP contribution in [-0.4, -0.2) is 28.5 Å². The fourth-order valence-corrected chi connectivity index (χ4v) is 1.48. The number of carbonyl (C=O) groups is 1. The fourth-order valence-electron chi connectivity index (χ4n) is 1.35. The molecule has 1 unspecified atom stereocenters. The minimum absolute atomic E-state index is 0.0367. The average Bonchev–Trinajstić information content (AvgIpc) is 2.34. The van der Waals surface area contributed by atoms with Crippen molar-refractivity contribution in [3.8, 4) is 0 Å². The molecule has 1 aromatic rings. The van der Waals surface area contributed by atoms with Gasteiger partial charge >= 0.3 is 0 Å². The van der Waals surface area contributed by atoms with Crippen LogP contribution in [0.15, 0.2) is 6.33 Å². The van der Waals surface area contributed by atoms with Gasteiger partial charge in [0.2, 0.25) is 5.91 Å². The molecule has 0 saturated heterocycles. The van der Waals surface area contributed by atoms with E-state index in [0.29, 0.717) is 23.9 Å². The Morgan fingerprint density at radius 1 is 1.50 bits per heavy atom. The van der Waals surface area contributed by atoms with Gasteiger partial charge in [0.1, 0.15) is 17.3 Å². The van der Waals surface area contributed by atoms with Gasteiger partial charge in [0, 0.05) is 24.6 Å². The van der Waals surface area contributed by atoms with Crippen molar-refractivity contribution >= 4 is 23.3 Å². The van der Waals surface area contributed by atoms with E-state index < -0.39 is 0 Å². The van der Waals surface area contributed by atoms with E-state index in [4.69, 9.17) is 11.6 Å². The normalized spacial score (nSPS) is 12.0. The SMILES string of the molecule is CCC(C)NC(=O)CCNc1ncnc(Cl)c1C. The summed E-state index contributed by atoms with van der Waals surface area (Å²) < 4.78 is 0. The van der Waals surface area contributed by atoms with Gasteiger partial charge in [-0.05, 0) is 20.3 Å². The monoisotopic (exact) mass is 270 g/mol. The lowest BCUT2D eigenvalue weighted by atomic mass is 10.2. The zero-order valence-electron chi connectivity index (χ0n) is 11.0. The summed E-state index contributed by atoms with van der Waals surface area (Å²) in [5, 5.41) is 6.41. The standard InChI is InChI=1S/C12H19ClN4O/c1-4-8(2)17-10(18)5-6-14-12-9(3)11(13)15-7-16-12/h7-8H,4-6H2,1-3H3,(H,17,18)(H,14,15,16). The molecule has 100 valence electrons. The molecule has 0 aromatic carbocycles. The molecule has 1 rings (SSSR count). The van der Waals surface area contributed by atoms with Crippen molar-refractivity contribution in [1.82, 2.24) is 15.3 Å². The predicted molar refractivity (Wildman–Crippen MR) is 72.8 cm³/mol. The number of halogens is 1. The fraction of sp³-hybridized carbons (Fsp3) is 0.583. The Labute approximate surface area is 112 Å². The van der Waals surface area contributed by atoms with Crippen molar-refractivity contribution < 1.29 is 4.79 Å². The van der Waals surface area contributed by atoms with Gasteiger partial charge in [0.15, 0.2) is 0 Å². The van der Waals surface area contributed by atoms with Crippen molar-refractivity contribution in [2.24, 2.45) is 0 Å². The Bertz CT molecular complexity index is 411. The molecule has 5 nitrogen and oxygen atoms in total. The van der Waals surface area contributed by atoms with Crippen LogP contribution in [0, 0.1) is 6.92 Å². The smallest absolute Gasteiger partial charge is 0.221 e. The van der Waals surface area contributed by atoms with Crippen LogP contribution >= 0.6 is 11.6 Å².